The van der Waals surface area contributed by atoms with Crippen LogP contribution in [0.2, 0.25) is 5.02 Å². The van der Waals surface area contributed by atoms with Crippen LogP contribution in [0.5, 0.6) is 11.5 Å². The number of furan rings is 1. The van der Waals surface area contributed by atoms with Crippen molar-refractivity contribution in [1.82, 2.24) is 9.66 Å². The number of carboxylic acids is 1. The molecular formula is C26H18ClN3O6. The van der Waals surface area contributed by atoms with Gasteiger partial charge in [0.25, 0.3) is 5.56 Å². The van der Waals surface area contributed by atoms with E-state index in [9.17, 15) is 9.59 Å². The lowest BCUT2D eigenvalue weighted by Crippen LogP contribution is -2.20. The molecule has 10 heteroatoms. The molecule has 5 aromatic rings. The zero-order valence-corrected chi connectivity index (χ0v) is 19.6. The smallest absolute Gasteiger partial charge is 0.341 e. The van der Waals surface area contributed by atoms with E-state index in [2.05, 4.69) is 10.1 Å². The zero-order chi connectivity index (χ0) is 25.2. The van der Waals surface area contributed by atoms with E-state index >= 15 is 0 Å². The number of fused-ring (bicyclic) bond motifs is 2. The first-order valence-electron chi connectivity index (χ1n) is 10.7. The number of methoxy groups -OCH3 is 1. The van der Waals surface area contributed by atoms with Gasteiger partial charge in [-0.05, 0) is 54.1 Å². The molecule has 0 saturated carbocycles. The zero-order valence-electron chi connectivity index (χ0n) is 18.8. The monoisotopic (exact) mass is 503 g/mol. The number of aromatic nitrogens is 2. The van der Waals surface area contributed by atoms with E-state index in [4.69, 9.17) is 30.6 Å². The highest BCUT2D eigenvalue weighted by molar-refractivity contribution is 6.32. The fourth-order valence-corrected chi connectivity index (χ4v) is 3.93. The Hall–Kier alpha value is -4.63. The molecule has 0 amide bonds. The van der Waals surface area contributed by atoms with Gasteiger partial charge in [-0.25, -0.2) is 9.78 Å². The van der Waals surface area contributed by atoms with Gasteiger partial charge in [0.15, 0.2) is 12.4 Å². The van der Waals surface area contributed by atoms with E-state index in [-0.39, 0.29) is 22.2 Å². The van der Waals surface area contributed by atoms with Crippen LogP contribution in [0.15, 0.2) is 81.0 Å². The average Bonchev–Trinajstić information content (AvgIpc) is 3.32. The van der Waals surface area contributed by atoms with Crippen LogP contribution in [0, 0.1) is 0 Å². The maximum atomic E-state index is 13.4. The summed E-state index contributed by atoms with van der Waals surface area (Å²) < 4.78 is 17.7. The Labute approximate surface area is 208 Å². The molecule has 0 saturated heterocycles. The van der Waals surface area contributed by atoms with Crippen LogP contribution >= 0.6 is 11.6 Å². The number of carboxylic acid groups (broad SMARTS) is 1. The molecule has 0 spiro atoms. The second-order valence-corrected chi connectivity index (χ2v) is 8.08. The molecule has 0 unspecified atom stereocenters. The number of nitrogens with zero attached hydrogens (tertiary/aromatic N) is 3. The normalized spacial score (nSPS) is 11.4. The lowest BCUT2D eigenvalue weighted by Gasteiger charge is -2.08. The number of halogens is 1. The van der Waals surface area contributed by atoms with E-state index < -0.39 is 12.6 Å². The minimum atomic E-state index is -1.12. The Morgan fingerprint density at radius 1 is 1.11 bits per heavy atom. The van der Waals surface area contributed by atoms with Crippen molar-refractivity contribution in [2.45, 2.75) is 0 Å². The van der Waals surface area contributed by atoms with Crippen LogP contribution in [-0.4, -0.2) is 40.7 Å². The number of rotatable bonds is 7. The number of hydrogen-bond acceptors (Lipinski definition) is 7. The largest absolute Gasteiger partial charge is 0.496 e. The van der Waals surface area contributed by atoms with Gasteiger partial charge in [0, 0.05) is 0 Å². The van der Waals surface area contributed by atoms with Crippen molar-refractivity contribution in [3.05, 3.63) is 87.7 Å². The molecule has 0 bridgehead atoms. The Morgan fingerprint density at radius 2 is 1.94 bits per heavy atom. The number of para-hydroxylation sites is 1. The number of benzene rings is 3. The molecule has 0 aliphatic heterocycles. The molecule has 2 aromatic heterocycles. The molecule has 0 fully saturated rings. The Kier molecular flexibility index (Phi) is 6.14. The van der Waals surface area contributed by atoms with Gasteiger partial charge < -0.3 is 19.0 Å². The third-order valence-corrected chi connectivity index (χ3v) is 5.64. The van der Waals surface area contributed by atoms with Crippen molar-refractivity contribution >= 4 is 45.7 Å². The van der Waals surface area contributed by atoms with Crippen molar-refractivity contribution in [1.29, 1.82) is 0 Å². The van der Waals surface area contributed by atoms with E-state index in [1.807, 2.05) is 6.07 Å². The number of aliphatic carboxylic acids is 1. The molecule has 5 rings (SSSR count). The molecule has 0 radical (unpaired) electrons. The molecule has 1 N–H and O–H groups in total. The van der Waals surface area contributed by atoms with E-state index in [0.717, 1.165) is 10.1 Å². The second-order valence-electron chi connectivity index (χ2n) is 7.67. The fourth-order valence-electron chi connectivity index (χ4n) is 3.69. The predicted octanol–water partition coefficient (Wildman–Crippen LogP) is 4.82. The molecule has 2 heterocycles. The SMILES string of the molecule is COc1cccc2oc(-c3nc4ccccc4c(=O)n3N=Cc3ccc(OCC(=O)O)c(Cl)c3)cc12. The third-order valence-electron chi connectivity index (χ3n) is 5.34. The first-order valence-corrected chi connectivity index (χ1v) is 11.1. The standard InChI is InChI=1S/C26H18ClN3O6/c1-34-20-7-4-8-21-17(20)12-23(36-21)25-29-19-6-3-2-5-16(19)26(33)30(25)28-13-15-9-10-22(18(27)11-15)35-14-24(31)32/h2-13H,14H2,1H3,(H,31,32). The van der Waals surface area contributed by atoms with E-state index in [1.165, 1.54) is 12.3 Å². The Morgan fingerprint density at radius 3 is 2.72 bits per heavy atom. The van der Waals surface area contributed by atoms with Gasteiger partial charge in [0.2, 0.25) is 5.82 Å². The number of hydrogen-bond donors (Lipinski definition) is 1. The van der Waals surface area contributed by atoms with Crippen LogP contribution in [-0.2, 0) is 4.79 Å². The fraction of sp³-hybridized carbons (Fsp3) is 0.0769. The van der Waals surface area contributed by atoms with Crippen molar-refractivity contribution in [2.75, 3.05) is 13.7 Å². The molecular weight excluding hydrogens is 486 g/mol. The van der Waals surface area contributed by atoms with E-state index in [0.29, 0.717) is 33.6 Å². The average molecular weight is 504 g/mol. The van der Waals surface area contributed by atoms with Crippen molar-refractivity contribution in [2.24, 2.45) is 5.10 Å². The van der Waals surface area contributed by atoms with Crippen LogP contribution in [0.3, 0.4) is 0 Å². The van der Waals surface area contributed by atoms with Crippen LogP contribution in [0.25, 0.3) is 33.5 Å². The number of ether oxygens (including phenoxy) is 2. The number of carbonyl (C=O) groups is 1. The lowest BCUT2D eigenvalue weighted by atomic mass is 10.2. The van der Waals surface area contributed by atoms with Gasteiger partial charge in [0.1, 0.15) is 17.1 Å². The lowest BCUT2D eigenvalue weighted by molar-refractivity contribution is -0.139. The van der Waals surface area contributed by atoms with Gasteiger partial charge >= 0.3 is 5.97 Å². The summed E-state index contributed by atoms with van der Waals surface area (Å²) in [6.07, 6.45) is 1.44. The highest BCUT2D eigenvalue weighted by Crippen LogP contribution is 2.33. The molecule has 0 atom stereocenters. The summed E-state index contributed by atoms with van der Waals surface area (Å²) in [5.74, 6) is 0.277. The molecule has 9 nitrogen and oxygen atoms in total. The summed E-state index contributed by atoms with van der Waals surface area (Å²) >= 11 is 6.22. The summed E-state index contributed by atoms with van der Waals surface area (Å²) in [7, 11) is 1.57. The topological polar surface area (TPSA) is 116 Å². The highest BCUT2D eigenvalue weighted by atomic mass is 35.5. The molecule has 3 aromatic carbocycles. The maximum absolute atomic E-state index is 13.4. The van der Waals surface area contributed by atoms with Crippen LogP contribution < -0.4 is 15.0 Å². The molecule has 180 valence electrons. The van der Waals surface area contributed by atoms with Crippen molar-refractivity contribution in [3.8, 4) is 23.1 Å². The highest BCUT2D eigenvalue weighted by Gasteiger charge is 2.18. The van der Waals surface area contributed by atoms with Gasteiger partial charge in [-0.3, -0.25) is 4.79 Å². The van der Waals surface area contributed by atoms with E-state index in [1.54, 1.807) is 61.7 Å². The summed E-state index contributed by atoms with van der Waals surface area (Å²) in [6, 6.07) is 18.8. The summed E-state index contributed by atoms with van der Waals surface area (Å²) in [5, 5.41) is 14.5. The first-order chi connectivity index (χ1) is 17.4. The van der Waals surface area contributed by atoms with Gasteiger partial charge in [-0.15, -0.1) is 0 Å². The minimum absolute atomic E-state index is 0.203. The first kappa shape index (κ1) is 23.1. The van der Waals surface area contributed by atoms with Gasteiger partial charge in [0.05, 0.1) is 34.6 Å². The Bertz CT molecular complexity index is 1710. The van der Waals surface area contributed by atoms with Crippen LogP contribution in [0.4, 0.5) is 0 Å². The second kappa shape index (κ2) is 9.55. The summed E-state index contributed by atoms with van der Waals surface area (Å²) in [4.78, 5) is 28.8. The van der Waals surface area contributed by atoms with Crippen LogP contribution in [0.1, 0.15) is 5.56 Å². The third kappa shape index (κ3) is 4.39. The van der Waals surface area contributed by atoms with Crippen molar-refractivity contribution in [3.63, 3.8) is 0 Å². The maximum Gasteiger partial charge on any atom is 0.341 e. The molecule has 0 aliphatic rings. The van der Waals surface area contributed by atoms with Gasteiger partial charge in [-0.1, -0.05) is 29.8 Å². The predicted molar refractivity (Wildman–Crippen MR) is 135 cm³/mol. The Balaban J connectivity index is 1.61. The molecule has 0 aliphatic carbocycles. The van der Waals surface area contributed by atoms with Crippen molar-refractivity contribution < 1.29 is 23.8 Å². The van der Waals surface area contributed by atoms with Gasteiger partial charge in [-0.2, -0.15) is 9.78 Å². The molecule has 36 heavy (non-hydrogen) atoms. The quantitative estimate of drug-likeness (QED) is 0.316. The minimum Gasteiger partial charge on any atom is -0.496 e. The summed E-state index contributed by atoms with van der Waals surface area (Å²) in [5.41, 5.74) is 1.25. The summed E-state index contributed by atoms with van der Waals surface area (Å²) in [6.45, 7) is -0.517.